The Morgan fingerprint density at radius 1 is 1.42 bits per heavy atom. The first kappa shape index (κ1) is 13.5. The maximum absolute atomic E-state index is 11.7. The molecule has 0 saturated carbocycles. The van der Waals surface area contributed by atoms with Crippen molar-refractivity contribution >= 4 is 29.1 Å². The molecule has 0 unspecified atom stereocenters. The van der Waals surface area contributed by atoms with Crippen LogP contribution in [0.5, 0.6) is 0 Å². The van der Waals surface area contributed by atoms with Crippen LogP contribution in [0.15, 0.2) is 30.3 Å². The summed E-state index contributed by atoms with van der Waals surface area (Å²) in [5.41, 5.74) is 2.15. The van der Waals surface area contributed by atoms with Crippen molar-refractivity contribution in [2.24, 2.45) is 0 Å². The number of benzene rings is 1. The van der Waals surface area contributed by atoms with E-state index in [1.165, 1.54) is 0 Å². The maximum atomic E-state index is 11.7. The minimum absolute atomic E-state index is 0.324. The van der Waals surface area contributed by atoms with Gasteiger partial charge in [0.25, 0.3) is 0 Å². The summed E-state index contributed by atoms with van der Waals surface area (Å²) < 4.78 is 4.98. The Morgan fingerprint density at radius 3 is 2.89 bits per heavy atom. The molecule has 0 spiro atoms. The number of H-pyrrole nitrogens is 1. The van der Waals surface area contributed by atoms with Crippen molar-refractivity contribution in [3.8, 4) is 0 Å². The van der Waals surface area contributed by atoms with E-state index in [0.717, 1.165) is 17.2 Å². The number of carbonyl (C=O) groups excluding carboxylic acids is 1. The standard InChI is InChI=1S/C14H15ClN2O2/c1-3-19-14(18)12-8-13(16-9(12)2)17-11-6-4-5-10(15)7-11/h4-8,16-17H,3H2,1-2H3. The number of rotatable bonds is 4. The second-order valence-electron chi connectivity index (χ2n) is 4.08. The molecule has 4 nitrogen and oxygen atoms in total. The summed E-state index contributed by atoms with van der Waals surface area (Å²) in [6, 6.07) is 9.09. The number of carbonyl (C=O) groups is 1. The van der Waals surface area contributed by atoms with E-state index in [1.54, 1.807) is 19.1 Å². The Labute approximate surface area is 116 Å². The van der Waals surface area contributed by atoms with Crippen molar-refractivity contribution in [2.75, 3.05) is 11.9 Å². The van der Waals surface area contributed by atoms with Gasteiger partial charge in [-0.2, -0.15) is 0 Å². The number of nitrogens with one attached hydrogen (secondary N) is 2. The molecule has 5 heteroatoms. The van der Waals surface area contributed by atoms with E-state index in [4.69, 9.17) is 16.3 Å². The van der Waals surface area contributed by atoms with Gasteiger partial charge in [-0.25, -0.2) is 4.79 Å². The molecule has 2 rings (SSSR count). The molecule has 0 aliphatic heterocycles. The molecule has 0 bridgehead atoms. The van der Waals surface area contributed by atoms with Crippen LogP contribution in [0.1, 0.15) is 23.0 Å². The number of esters is 1. The number of aromatic nitrogens is 1. The molecule has 19 heavy (non-hydrogen) atoms. The van der Waals surface area contributed by atoms with Gasteiger partial charge >= 0.3 is 5.97 Å². The molecule has 0 aliphatic rings. The Kier molecular flexibility index (Phi) is 4.12. The van der Waals surface area contributed by atoms with Crippen molar-refractivity contribution in [3.05, 3.63) is 46.6 Å². The molecule has 1 aromatic carbocycles. The second-order valence-corrected chi connectivity index (χ2v) is 4.51. The lowest BCUT2D eigenvalue weighted by Crippen LogP contribution is -2.04. The third-order valence-electron chi connectivity index (χ3n) is 2.61. The summed E-state index contributed by atoms with van der Waals surface area (Å²) in [7, 11) is 0. The number of hydrogen-bond donors (Lipinski definition) is 2. The third-order valence-corrected chi connectivity index (χ3v) is 2.85. The van der Waals surface area contributed by atoms with Gasteiger partial charge in [0.1, 0.15) is 5.82 Å². The Bertz CT molecular complexity index is 593. The zero-order chi connectivity index (χ0) is 13.8. The van der Waals surface area contributed by atoms with Crippen LogP contribution in [0.25, 0.3) is 0 Å². The van der Waals surface area contributed by atoms with Gasteiger partial charge in [-0.05, 0) is 38.1 Å². The van der Waals surface area contributed by atoms with Crippen molar-refractivity contribution in [1.82, 2.24) is 4.98 Å². The fourth-order valence-corrected chi connectivity index (χ4v) is 1.96. The van der Waals surface area contributed by atoms with E-state index in [1.807, 2.05) is 25.1 Å². The molecule has 0 saturated heterocycles. The summed E-state index contributed by atoms with van der Waals surface area (Å²) >= 11 is 5.91. The van der Waals surface area contributed by atoms with Crippen LogP contribution in [-0.4, -0.2) is 17.6 Å². The number of aryl methyl sites for hydroxylation is 1. The zero-order valence-corrected chi connectivity index (χ0v) is 11.5. The highest BCUT2D eigenvalue weighted by atomic mass is 35.5. The molecule has 2 aromatic rings. The van der Waals surface area contributed by atoms with Crippen molar-refractivity contribution in [1.29, 1.82) is 0 Å². The lowest BCUT2D eigenvalue weighted by Gasteiger charge is -2.03. The monoisotopic (exact) mass is 278 g/mol. The molecule has 1 heterocycles. The van der Waals surface area contributed by atoms with Crippen LogP contribution in [0.4, 0.5) is 11.5 Å². The number of anilines is 2. The summed E-state index contributed by atoms with van der Waals surface area (Å²) in [5, 5.41) is 3.81. The molecule has 2 N–H and O–H groups in total. The van der Waals surface area contributed by atoms with E-state index in [9.17, 15) is 4.79 Å². The van der Waals surface area contributed by atoms with Crippen molar-refractivity contribution in [2.45, 2.75) is 13.8 Å². The quantitative estimate of drug-likeness (QED) is 0.834. The Hall–Kier alpha value is -1.94. The van der Waals surface area contributed by atoms with Crippen molar-refractivity contribution < 1.29 is 9.53 Å². The summed E-state index contributed by atoms with van der Waals surface area (Å²) in [4.78, 5) is 14.8. The first-order chi connectivity index (χ1) is 9.10. The highest BCUT2D eigenvalue weighted by molar-refractivity contribution is 6.30. The lowest BCUT2D eigenvalue weighted by atomic mass is 10.2. The molecule has 0 atom stereocenters. The first-order valence-electron chi connectivity index (χ1n) is 5.99. The summed E-state index contributed by atoms with van der Waals surface area (Å²) in [6.45, 7) is 3.97. The van der Waals surface area contributed by atoms with Gasteiger partial charge in [-0.15, -0.1) is 0 Å². The fourth-order valence-electron chi connectivity index (χ4n) is 1.77. The minimum Gasteiger partial charge on any atom is -0.462 e. The topological polar surface area (TPSA) is 54.1 Å². The highest BCUT2D eigenvalue weighted by Crippen LogP contribution is 2.22. The normalized spacial score (nSPS) is 10.3. The third kappa shape index (κ3) is 3.29. The van der Waals surface area contributed by atoms with Crippen LogP contribution in [-0.2, 0) is 4.74 Å². The maximum Gasteiger partial charge on any atom is 0.340 e. The van der Waals surface area contributed by atoms with Gasteiger partial charge in [0.15, 0.2) is 0 Å². The summed E-state index contributed by atoms with van der Waals surface area (Å²) in [5.74, 6) is 0.401. The van der Waals surface area contributed by atoms with Crippen LogP contribution in [0.2, 0.25) is 5.02 Å². The fraction of sp³-hybridized carbons (Fsp3) is 0.214. The van der Waals surface area contributed by atoms with Gasteiger partial charge in [0.2, 0.25) is 0 Å². The largest absolute Gasteiger partial charge is 0.462 e. The molecule has 0 radical (unpaired) electrons. The van der Waals surface area contributed by atoms with Crippen LogP contribution in [0, 0.1) is 6.92 Å². The van der Waals surface area contributed by atoms with E-state index in [-0.39, 0.29) is 5.97 Å². The molecule has 1 aromatic heterocycles. The van der Waals surface area contributed by atoms with Gasteiger partial charge in [-0.3, -0.25) is 0 Å². The van der Waals surface area contributed by atoms with Crippen molar-refractivity contribution in [3.63, 3.8) is 0 Å². The van der Waals surface area contributed by atoms with Gasteiger partial charge < -0.3 is 15.0 Å². The molecule has 0 aliphatic carbocycles. The Morgan fingerprint density at radius 2 is 2.21 bits per heavy atom. The molecule has 100 valence electrons. The average molecular weight is 279 g/mol. The van der Waals surface area contributed by atoms with Gasteiger partial charge in [-0.1, -0.05) is 17.7 Å². The molecule has 0 fully saturated rings. The van der Waals surface area contributed by atoms with E-state index < -0.39 is 0 Å². The lowest BCUT2D eigenvalue weighted by molar-refractivity contribution is 0.0526. The number of aromatic amines is 1. The average Bonchev–Trinajstić information content (AvgIpc) is 2.70. The SMILES string of the molecule is CCOC(=O)c1cc(Nc2cccc(Cl)c2)[nH]c1C. The van der Waals surface area contributed by atoms with Crippen LogP contribution < -0.4 is 5.32 Å². The van der Waals surface area contributed by atoms with E-state index in [2.05, 4.69) is 10.3 Å². The van der Waals surface area contributed by atoms with E-state index in [0.29, 0.717) is 17.2 Å². The Balaban J connectivity index is 2.18. The molecular weight excluding hydrogens is 264 g/mol. The molecular formula is C14H15ClN2O2. The predicted molar refractivity (Wildman–Crippen MR) is 76.2 cm³/mol. The van der Waals surface area contributed by atoms with Gasteiger partial charge in [0.05, 0.1) is 12.2 Å². The minimum atomic E-state index is -0.324. The number of halogens is 1. The van der Waals surface area contributed by atoms with Crippen LogP contribution >= 0.6 is 11.6 Å². The second kappa shape index (κ2) is 5.80. The summed E-state index contributed by atoms with van der Waals surface area (Å²) in [6.07, 6.45) is 0. The van der Waals surface area contributed by atoms with Crippen LogP contribution in [0.3, 0.4) is 0 Å². The zero-order valence-electron chi connectivity index (χ0n) is 10.8. The number of hydrogen-bond acceptors (Lipinski definition) is 3. The number of ether oxygens (including phenoxy) is 1. The van der Waals surface area contributed by atoms with E-state index >= 15 is 0 Å². The van der Waals surface area contributed by atoms with Gasteiger partial charge in [0, 0.05) is 16.4 Å². The first-order valence-corrected chi connectivity index (χ1v) is 6.37. The smallest absolute Gasteiger partial charge is 0.340 e. The molecule has 0 amide bonds. The highest BCUT2D eigenvalue weighted by Gasteiger charge is 2.13. The predicted octanol–water partition coefficient (Wildman–Crippen LogP) is 3.90.